The van der Waals surface area contributed by atoms with E-state index in [1.54, 1.807) is 29.6 Å². The minimum absolute atomic E-state index is 0. The first-order valence-electron chi connectivity index (χ1n) is 25.3. The fourth-order valence-electron chi connectivity index (χ4n) is 9.04. The Morgan fingerprint density at radius 2 is 1.00 bits per heavy atom. The highest BCUT2D eigenvalue weighted by molar-refractivity contribution is 7.98. The molecule has 0 unspecified atom stereocenters. The van der Waals surface area contributed by atoms with Crippen LogP contribution in [0.25, 0.3) is 0 Å². The summed E-state index contributed by atoms with van der Waals surface area (Å²) in [5, 5.41) is 53.5. The molecule has 2 saturated heterocycles. The Kier molecular flexibility index (Phi) is 24.6. The molecule has 4 aromatic carbocycles. The van der Waals surface area contributed by atoms with Crippen LogP contribution in [-0.2, 0) is 56.3 Å². The third-order valence-corrected chi connectivity index (χ3v) is 18.2. The Morgan fingerprint density at radius 3 is 1.41 bits per heavy atom. The molecule has 2 aliphatic heterocycles. The predicted molar refractivity (Wildman–Crippen MR) is 319 cm³/mol. The van der Waals surface area contributed by atoms with Crippen LogP contribution in [0, 0.1) is 13.8 Å². The van der Waals surface area contributed by atoms with Crippen LogP contribution in [0.4, 0.5) is 0 Å². The summed E-state index contributed by atoms with van der Waals surface area (Å²) in [7, 11) is -6.97. The molecule has 0 radical (unpaired) electrons. The molecule has 2 heterocycles. The number of methoxy groups -OCH3 is 1. The summed E-state index contributed by atoms with van der Waals surface area (Å²) in [6, 6.07) is 28.7. The summed E-state index contributed by atoms with van der Waals surface area (Å²) >= 11 is 3.43. The summed E-state index contributed by atoms with van der Waals surface area (Å²) < 4.78 is 45.5. The zero-order chi connectivity index (χ0) is 54.5. The van der Waals surface area contributed by atoms with Gasteiger partial charge in [0.05, 0.1) is 13.2 Å². The zero-order valence-corrected chi connectivity index (χ0v) is 52.1. The van der Waals surface area contributed by atoms with Crippen molar-refractivity contribution >= 4 is 56.8 Å². The first-order valence-corrected chi connectivity index (χ1v) is 41.4. The second-order valence-electron chi connectivity index (χ2n) is 23.3. The maximum absolute atomic E-state index is 12.9. The third kappa shape index (κ3) is 18.0. The van der Waals surface area contributed by atoms with Crippen LogP contribution in [0.1, 0.15) is 59.4 Å². The van der Waals surface area contributed by atoms with Gasteiger partial charge in [-0.15, -0.1) is 23.5 Å². The highest BCUT2D eigenvalue weighted by Gasteiger charge is 2.59. The summed E-state index contributed by atoms with van der Waals surface area (Å²) in [5.41, 5.74) is 7.95. The van der Waals surface area contributed by atoms with Gasteiger partial charge in [0.25, 0.3) is 0 Å². The number of aliphatic hydroxyl groups excluding tert-OH is 4. The summed E-state index contributed by atoms with van der Waals surface area (Å²) in [4.78, 5) is 2.43. The van der Waals surface area contributed by atoms with Crippen molar-refractivity contribution < 1.29 is 57.4 Å². The molecule has 2 fully saturated rings. The molecule has 0 spiro atoms. The molecule has 2 aliphatic rings. The molecule has 0 bridgehead atoms. The Balaban J connectivity index is 0.000000415. The van der Waals surface area contributed by atoms with E-state index in [4.69, 9.17) is 31.9 Å². The number of rotatable bonds is 19. The van der Waals surface area contributed by atoms with Crippen LogP contribution < -0.4 is 0 Å². The van der Waals surface area contributed by atoms with Crippen LogP contribution in [0.3, 0.4) is 0 Å². The molecule has 4 aromatic rings. The van der Waals surface area contributed by atoms with E-state index in [-0.39, 0.29) is 14.9 Å². The molecule has 0 aliphatic carbocycles. The Bertz CT molecular complexity index is 2390. The molecule has 0 aromatic heterocycles. The average Bonchev–Trinajstić information content (AvgIpc) is 3.31. The largest absolute Gasteiger partial charge is 0.415 e. The van der Waals surface area contributed by atoms with E-state index < -0.39 is 100 Å². The van der Waals surface area contributed by atoms with E-state index in [0.717, 1.165) is 28.7 Å². The topological polar surface area (TPSA) is 166 Å². The van der Waals surface area contributed by atoms with Gasteiger partial charge in [-0.25, -0.2) is 0 Å². The van der Waals surface area contributed by atoms with Gasteiger partial charge < -0.3 is 57.4 Å². The Morgan fingerprint density at radius 1 is 0.560 bits per heavy atom. The molecule has 18 heteroatoms. The summed E-state index contributed by atoms with van der Waals surface area (Å²) in [5.74, 6) is -3.46. The quantitative estimate of drug-likeness (QED) is 0.0445. The lowest BCUT2D eigenvalue weighted by molar-refractivity contribution is -0.366. The van der Waals surface area contributed by atoms with Crippen LogP contribution in [0.5, 0.6) is 0 Å². The van der Waals surface area contributed by atoms with E-state index in [1.165, 1.54) is 28.0 Å². The van der Waals surface area contributed by atoms with Crippen LogP contribution in [-0.4, -0.2) is 140 Å². The van der Waals surface area contributed by atoms with E-state index in [2.05, 4.69) is 152 Å². The zero-order valence-electron chi connectivity index (χ0n) is 46.4. The average molecular weight is 1150 g/mol. The maximum atomic E-state index is 12.9. The highest BCUT2D eigenvalue weighted by atomic mass is 32.2. The fourth-order valence-corrected chi connectivity index (χ4v) is 13.8. The van der Waals surface area contributed by atoms with Gasteiger partial charge in [-0.3, -0.25) is 0 Å². The number of ether oxygens (including phenoxy) is 3. The first kappa shape index (κ1) is 67.2. The van der Waals surface area contributed by atoms with E-state index >= 15 is 0 Å². The standard InChI is InChI=1S/C33H58O6SSi4.C22H28O6S.2CH4/c1-24-15-18-27(22-26(24)21-25-16-19-28(40-2)20-17-25)33(34)32(39-44(12,13)14)31(38-43(9,10)11)30(37-42(6,7)8)29(36-33)23-35-41(3,4)5;1-13-4-7-16(11-15(13)10-14-5-8-17(29-3)9-6-14)22(27-2)21(26)20(25)19(24)18(12-23)28-22;;/h15-20,22,29-32,34H,21,23H2,1-14H3;4-9,11,18-21,23-26H,10,12H2,1-3H3;2*1H4/t29-,30-,31+,32-,33+;18-,19-,20+,21-,22+;;/m11../s1. The molecular formula is C57H94O12S2Si4. The number of thioether (sulfide) groups is 2. The minimum Gasteiger partial charge on any atom is -0.415 e. The van der Waals surface area contributed by atoms with Gasteiger partial charge in [-0.1, -0.05) is 63.4 Å². The molecular weight excluding hydrogens is 1050 g/mol. The predicted octanol–water partition coefficient (Wildman–Crippen LogP) is 11.2. The van der Waals surface area contributed by atoms with Crippen molar-refractivity contribution in [3.63, 3.8) is 0 Å². The smallest absolute Gasteiger partial charge is 0.224 e. The van der Waals surface area contributed by atoms with Crippen molar-refractivity contribution in [2.24, 2.45) is 0 Å². The lowest BCUT2D eigenvalue weighted by Crippen LogP contribution is -2.69. The lowest BCUT2D eigenvalue weighted by atomic mass is 9.86. The number of aryl methyl sites for hydroxylation is 2. The Hall–Kier alpha value is -2.03. The van der Waals surface area contributed by atoms with Crippen molar-refractivity contribution in [3.05, 3.63) is 129 Å². The lowest BCUT2D eigenvalue weighted by Gasteiger charge is -2.54. The van der Waals surface area contributed by atoms with Crippen molar-refractivity contribution in [3.8, 4) is 0 Å². The molecule has 6 rings (SSSR count). The van der Waals surface area contributed by atoms with Crippen molar-refractivity contribution in [1.29, 1.82) is 0 Å². The molecule has 10 atom stereocenters. The van der Waals surface area contributed by atoms with Crippen molar-refractivity contribution in [2.75, 3.05) is 32.8 Å². The van der Waals surface area contributed by atoms with Gasteiger partial charge in [0.2, 0.25) is 11.6 Å². The number of benzene rings is 4. The molecule has 12 nitrogen and oxygen atoms in total. The van der Waals surface area contributed by atoms with Crippen molar-refractivity contribution in [2.45, 2.75) is 190 Å². The SMILES string of the molecule is C.C.CO[C@@]1(c2ccc(C)c(Cc3ccc(SC)cc3)c2)O[C@H](CO)[C@@H](O)[C@H](O)[C@H]1O.CSc1ccc(Cc2cc([C@]3(O)O[C@H](CO[Si](C)(C)C)[C@@H](O[Si](C)(C)C)[C@H](O[Si](C)(C)C)[C@H]3O[Si](C)(C)C)ccc2C)cc1. The first-order chi connectivity index (χ1) is 33.9. The van der Waals surface area contributed by atoms with E-state index in [0.29, 0.717) is 24.2 Å². The van der Waals surface area contributed by atoms with Gasteiger partial charge in [-0.05, 0) is 188 Å². The normalized spacial score (nSPS) is 26.4. The van der Waals surface area contributed by atoms with Crippen LogP contribution in [0.15, 0.2) is 94.7 Å². The van der Waals surface area contributed by atoms with Gasteiger partial charge in [0, 0.05) is 28.0 Å². The van der Waals surface area contributed by atoms with Crippen LogP contribution in [0.2, 0.25) is 78.6 Å². The second kappa shape index (κ2) is 27.4. The molecule has 75 heavy (non-hydrogen) atoms. The third-order valence-electron chi connectivity index (χ3n) is 12.7. The maximum Gasteiger partial charge on any atom is 0.224 e. The number of hydrogen-bond donors (Lipinski definition) is 5. The Labute approximate surface area is 464 Å². The van der Waals surface area contributed by atoms with Crippen LogP contribution >= 0.6 is 23.5 Å². The highest BCUT2D eigenvalue weighted by Crippen LogP contribution is 2.45. The molecule has 0 saturated carbocycles. The van der Waals surface area contributed by atoms with Gasteiger partial charge in [-0.2, -0.15) is 0 Å². The molecule has 422 valence electrons. The number of hydrogen-bond acceptors (Lipinski definition) is 14. The van der Waals surface area contributed by atoms with Gasteiger partial charge >= 0.3 is 0 Å². The molecule has 5 N–H and O–H groups in total. The summed E-state index contributed by atoms with van der Waals surface area (Å²) in [6.45, 7) is 30.0. The monoisotopic (exact) mass is 1150 g/mol. The van der Waals surface area contributed by atoms with E-state index in [9.17, 15) is 25.5 Å². The van der Waals surface area contributed by atoms with E-state index in [1.807, 2.05) is 31.4 Å². The number of aliphatic hydroxyl groups is 5. The molecule has 0 amide bonds. The van der Waals surface area contributed by atoms with Crippen molar-refractivity contribution in [1.82, 2.24) is 0 Å². The minimum atomic E-state index is -2.21. The van der Waals surface area contributed by atoms with Gasteiger partial charge in [0.1, 0.15) is 48.8 Å². The summed E-state index contributed by atoms with van der Waals surface area (Å²) in [6.07, 6.45) is -2.28. The second-order valence-corrected chi connectivity index (χ2v) is 42.9. The van der Waals surface area contributed by atoms with Gasteiger partial charge in [0.15, 0.2) is 33.3 Å². The fraction of sp³-hybridized carbons (Fsp3) is 0.579.